The maximum absolute atomic E-state index is 12.1. The van der Waals surface area contributed by atoms with Crippen LogP contribution in [0.5, 0.6) is 0 Å². The second-order valence-electron chi connectivity index (χ2n) is 3.67. The Kier molecular flexibility index (Phi) is 3.94. The predicted molar refractivity (Wildman–Crippen MR) is 70.3 cm³/mol. The van der Waals surface area contributed by atoms with E-state index in [1.807, 2.05) is 49.4 Å². The highest BCUT2D eigenvalue weighted by Gasteiger charge is 2.15. The maximum atomic E-state index is 12.1. The summed E-state index contributed by atoms with van der Waals surface area (Å²) in [4.78, 5) is 17.1. The van der Waals surface area contributed by atoms with Crippen LogP contribution in [0.3, 0.4) is 0 Å². The van der Waals surface area contributed by atoms with Gasteiger partial charge in [-0.05, 0) is 19.1 Å². The minimum absolute atomic E-state index is 0.0835. The Morgan fingerprint density at radius 3 is 2.41 bits per heavy atom. The number of hydrogen-bond acceptors (Lipinski definition) is 3. The van der Waals surface area contributed by atoms with E-state index in [0.717, 1.165) is 10.5 Å². The summed E-state index contributed by atoms with van der Waals surface area (Å²) in [6, 6.07) is 13.2. The molecule has 1 heterocycles. The summed E-state index contributed by atoms with van der Waals surface area (Å²) in [6.45, 7) is 1.93. The van der Waals surface area contributed by atoms with E-state index < -0.39 is 0 Å². The van der Waals surface area contributed by atoms with Gasteiger partial charge in [-0.25, -0.2) is 0 Å². The van der Waals surface area contributed by atoms with E-state index in [1.165, 1.54) is 0 Å². The third-order valence-electron chi connectivity index (χ3n) is 2.39. The Morgan fingerprint density at radius 1 is 1.12 bits per heavy atom. The van der Waals surface area contributed by atoms with Gasteiger partial charge in [-0.3, -0.25) is 9.78 Å². The number of ketones is 1. The lowest BCUT2D eigenvalue weighted by Gasteiger charge is -2.09. The van der Waals surface area contributed by atoms with E-state index in [2.05, 4.69) is 4.98 Å². The van der Waals surface area contributed by atoms with E-state index >= 15 is 0 Å². The number of carbonyl (C=O) groups is 1. The molecule has 1 aromatic carbocycles. The van der Waals surface area contributed by atoms with Crippen LogP contribution in [0.1, 0.15) is 17.3 Å². The Labute approximate surface area is 105 Å². The van der Waals surface area contributed by atoms with Gasteiger partial charge < -0.3 is 0 Å². The number of hydrogen-bond donors (Lipinski definition) is 0. The van der Waals surface area contributed by atoms with Gasteiger partial charge in [0.2, 0.25) is 0 Å². The number of pyridine rings is 1. The molecule has 0 bridgehead atoms. The molecule has 2 rings (SSSR count). The predicted octanol–water partition coefficient (Wildman–Crippen LogP) is 3.45. The molecule has 3 heteroatoms. The summed E-state index contributed by atoms with van der Waals surface area (Å²) in [5.74, 6) is 0.160. The van der Waals surface area contributed by atoms with Crippen LogP contribution in [0.25, 0.3) is 0 Å². The molecule has 2 aromatic rings. The van der Waals surface area contributed by atoms with Crippen molar-refractivity contribution in [2.45, 2.75) is 17.1 Å². The van der Waals surface area contributed by atoms with Gasteiger partial charge in [0.1, 0.15) is 0 Å². The summed E-state index contributed by atoms with van der Waals surface area (Å²) >= 11 is 1.56. The highest BCUT2D eigenvalue weighted by Crippen LogP contribution is 2.24. The van der Waals surface area contributed by atoms with Crippen LogP contribution in [0.15, 0.2) is 59.8 Å². The molecule has 1 atom stereocenters. The minimum Gasteiger partial charge on any atom is -0.293 e. The Bertz CT molecular complexity index is 484. The molecule has 0 aliphatic carbocycles. The first-order valence-corrected chi connectivity index (χ1v) is 6.31. The molecule has 2 nitrogen and oxygen atoms in total. The van der Waals surface area contributed by atoms with Crippen LogP contribution in [-0.4, -0.2) is 16.0 Å². The highest BCUT2D eigenvalue weighted by atomic mass is 32.2. The second-order valence-corrected chi connectivity index (χ2v) is 5.09. The van der Waals surface area contributed by atoms with E-state index in [4.69, 9.17) is 0 Å². The van der Waals surface area contributed by atoms with Crippen LogP contribution >= 0.6 is 11.8 Å². The minimum atomic E-state index is -0.0835. The van der Waals surface area contributed by atoms with E-state index in [-0.39, 0.29) is 11.0 Å². The number of nitrogens with zero attached hydrogens (tertiary/aromatic N) is 1. The van der Waals surface area contributed by atoms with Crippen LogP contribution in [0.2, 0.25) is 0 Å². The summed E-state index contributed by atoms with van der Waals surface area (Å²) in [6.07, 6.45) is 3.48. The van der Waals surface area contributed by atoms with Crippen molar-refractivity contribution >= 4 is 17.5 Å². The Hall–Kier alpha value is -1.61. The lowest BCUT2D eigenvalue weighted by molar-refractivity contribution is 0.0994. The van der Waals surface area contributed by atoms with Crippen molar-refractivity contribution in [2.24, 2.45) is 0 Å². The van der Waals surface area contributed by atoms with Crippen molar-refractivity contribution in [1.29, 1.82) is 0 Å². The van der Waals surface area contributed by atoms with Gasteiger partial charge >= 0.3 is 0 Å². The first kappa shape index (κ1) is 11.9. The fourth-order valence-electron chi connectivity index (χ4n) is 1.51. The molecule has 1 unspecified atom stereocenters. The zero-order chi connectivity index (χ0) is 12.1. The molecule has 0 radical (unpaired) electrons. The normalized spacial score (nSPS) is 12.1. The monoisotopic (exact) mass is 243 g/mol. The number of benzene rings is 1. The molecule has 0 saturated heterocycles. The molecule has 86 valence electrons. The molecular formula is C14H13NOS. The summed E-state index contributed by atoms with van der Waals surface area (Å²) < 4.78 is 0. The number of thioether (sulfide) groups is 1. The van der Waals surface area contributed by atoms with Crippen molar-refractivity contribution in [3.63, 3.8) is 0 Å². The van der Waals surface area contributed by atoms with Gasteiger partial charge in [0.05, 0.1) is 5.25 Å². The number of aromatic nitrogens is 1. The van der Waals surface area contributed by atoms with Crippen molar-refractivity contribution in [3.8, 4) is 0 Å². The van der Waals surface area contributed by atoms with Crippen LogP contribution < -0.4 is 0 Å². The van der Waals surface area contributed by atoms with E-state index in [1.54, 1.807) is 24.2 Å². The molecule has 0 aliphatic heterocycles. The zero-order valence-electron chi connectivity index (χ0n) is 9.54. The summed E-state index contributed by atoms with van der Waals surface area (Å²) in [5, 5.41) is -0.0835. The third kappa shape index (κ3) is 3.17. The summed E-state index contributed by atoms with van der Waals surface area (Å²) in [5.41, 5.74) is 0.765. The first-order chi connectivity index (χ1) is 8.27. The van der Waals surface area contributed by atoms with Crippen molar-refractivity contribution in [1.82, 2.24) is 4.98 Å². The number of carbonyl (C=O) groups excluding carboxylic acids is 1. The highest BCUT2D eigenvalue weighted by molar-refractivity contribution is 8.00. The van der Waals surface area contributed by atoms with Crippen LogP contribution in [-0.2, 0) is 0 Å². The van der Waals surface area contributed by atoms with E-state index in [0.29, 0.717) is 0 Å². The fourth-order valence-corrected chi connectivity index (χ4v) is 2.44. The standard InChI is InChI=1S/C14H13NOS/c1-11(17-13-7-9-15-10-8-13)14(16)12-5-3-2-4-6-12/h2-11H,1H3. The molecule has 0 fully saturated rings. The Morgan fingerprint density at radius 2 is 1.76 bits per heavy atom. The summed E-state index contributed by atoms with van der Waals surface area (Å²) in [7, 11) is 0. The fraction of sp³-hybridized carbons (Fsp3) is 0.143. The van der Waals surface area contributed by atoms with Crippen molar-refractivity contribution in [2.75, 3.05) is 0 Å². The number of rotatable bonds is 4. The smallest absolute Gasteiger partial charge is 0.175 e. The van der Waals surface area contributed by atoms with Gasteiger partial charge in [0, 0.05) is 22.9 Å². The maximum Gasteiger partial charge on any atom is 0.175 e. The molecule has 17 heavy (non-hydrogen) atoms. The van der Waals surface area contributed by atoms with Gasteiger partial charge in [-0.1, -0.05) is 30.3 Å². The molecule has 0 amide bonds. The second kappa shape index (κ2) is 5.64. The van der Waals surface area contributed by atoms with Crippen LogP contribution in [0.4, 0.5) is 0 Å². The molecule has 0 saturated carbocycles. The first-order valence-electron chi connectivity index (χ1n) is 5.43. The Balaban J connectivity index is 2.06. The van der Waals surface area contributed by atoms with Crippen molar-refractivity contribution in [3.05, 3.63) is 60.4 Å². The third-order valence-corrected chi connectivity index (χ3v) is 3.50. The van der Waals surface area contributed by atoms with Crippen molar-refractivity contribution < 1.29 is 4.79 Å². The lowest BCUT2D eigenvalue weighted by atomic mass is 10.1. The molecule has 0 N–H and O–H groups in total. The largest absolute Gasteiger partial charge is 0.293 e. The molecule has 1 aromatic heterocycles. The van der Waals surface area contributed by atoms with Gasteiger partial charge in [-0.2, -0.15) is 0 Å². The van der Waals surface area contributed by atoms with Crippen LogP contribution in [0, 0.1) is 0 Å². The molecule has 0 aliphatic rings. The zero-order valence-corrected chi connectivity index (χ0v) is 10.4. The lowest BCUT2D eigenvalue weighted by Crippen LogP contribution is -2.13. The molecular weight excluding hydrogens is 230 g/mol. The SMILES string of the molecule is CC(Sc1ccncc1)C(=O)c1ccccc1. The average Bonchev–Trinajstić information content (AvgIpc) is 2.40. The van der Waals surface area contributed by atoms with Gasteiger partial charge in [0.25, 0.3) is 0 Å². The average molecular weight is 243 g/mol. The van der Waals surface area contributed by atoms with E-state index in [9.17, 15) is 4.79 Å². The quantitative estimate of drug-likeness (QED) is 0.608. The number of Topliss-reactive ketones (excluding diaryl/α,β-unsaturated/α-hetero) is 1. The topological polar surface area (TPSA) is 30.0 Å². The van der Waals surface area contributed by atoms with Gasteiger partial charge in [0.15, 0.2) is 5.78 Å². The molecule has 0 spiro atoms. The van der Waals surface area contributed by atoms with Gasteiger partial charge in [-0.15, -0.1) is 11.8 Å².